The molecule has 2 aromatic rings. The molecule has 0 aliphatic heterocycles. The summed E-state index contributed by atoms with van der Waals surface area (Å²) in [7, 11) is 3.78. The van der Waals surface area contributed by atoms with E-state index in [0.29, 0.717) is 11.7 Å². The predicted molar refractivity (Wildman–Crippen MR) is 88.5 cm³/mol. The second kappa shape index (κ2) is 6.76. The van der Waals surface area contributed by atoms with E-state index in [2.05, 4.69) is 36.8 Å². The van der Waals surface area contributed by atoms with Crippen molar-refractivity contribution in [1.82, 2.24) is 9.88 Å². The van der Waals surface area contributed by atoms with Crippen molar-refractivity contribution >= 4 is 16.7 Å². The van der Waals surface area contributed by atoms with Crippen molar-refractivity contribution in [2.45, 2.75) is 26.8 Å². The highest BCUT2D eigenvalue weighted by molar-refractivity contribution is 5.82. The summed E-state index contributed by atoms with van der Waals surface area (Å²) in [5, 5.41) is 1.09. The molecule has 4 nitrogen and oxygen atoms in total. The summed E-state index contributed by atoms with van der Waals surface area (Å²) >= 11 is 0. The summed E-state index contributed by atoms with van der Waals surface area (Å²) in [5.74, 6) is 2.09. The molecule has 2 rings (SSSR count). The highest BCUT2D eigenvalue weighted by atomic mass is 16.5. The Hall–Kier alpha value is -1.81. The van der Waals surface area contributed by atoms with E-state index in [4.69, 9.17) is 10.5 Å². The van der Waals surface area contributed by atoms with Crippen molar-refractivity contribution in [3.05, 3.63) is 29.8 Å². The Morgan fingerprint density at radius 3 is 2.76 bits per heavy atom. The summed E-state index contributed by atoms with van der Waals surface area (Å²) in [6, 6.07) is 8.02. The number of fused-ring (bicyclic) bond motifs is 1. The van der Waals surface area contributed by atoms with Gasteiger partial charge in [0.15, 0.2) is 0 Å². The number of nitrogens with two attached hydrogens (primary N) is 1. The van der Waals surface area contributed by atoms with Gasteiger partial charge >= 0.3 is 0 Å². The van der Waals surface area contributed by atoms with Crippen molar-refractivity contribution in [3.8, 4) is 5.75 Å². The first-order valence-corrected chi connectivity index (χ1v) is 7.45. The Bertz CT molecular complexity index is 612. The number of anilines is 1. The molecule has 1 atom stereocenters. The van der Waals surface area contributed by atoms with Crippen LogP contribution in [0.1, 0.15) is 25.8 Å². The zero-order valence-corrected chi connectivity index (χ0v) is 13.4. The van der Waals surface area contributed by atoms with Gasteiger partial charge in [0.05, 0.1) is 12.6 Å². The van der Waals surface area contributed by atoms with E-state index in [1.807, 2.05) is 18.2 Å². The Labute approximate surface area is 126 Å². The van der Waals surface area contributed by atoms with Crippen LogP contribution in [0.15, 0.2) is 24.3 Å². The van der Waals surface area contributed by atoms with Gasteiger partial charge in [0.25, 0.3) is 0 Å². The standard InChI is InChI=1S/C17H25N3O/c1-5-12(2)10-20(3)11-14-8-13-6-7-15(21-4)9-16(13)19-17(14)18/h6-9,12H,5,10-11H2,1-4H3,(H2,18,19). The maximum atomic E-state index is 6.11. The third-order valence-corrected chi connectivity index (χ3v) is 3.90. The second-order valence-electron chi connectivity index (χ2n) is 5.80. The number of methoxy groups -OCH3 is 1. The maximum Gasteiger partial charge on any atom is 0.128 e. The Balaban J connectivity index is 2.22. The van der Waals surface area contributed by atoms with Crippen LogP contribution >= 0.6 is 0 Å². The van der Waals surface area contributed by atoms with E-state index in [9.17, 15) is 0 Å². The van der Waals surface area contributed by atoms with Gasteiger partial charge in [-0.1, -0.05) is 20.3 Å². The van der Waals surface area contributed by atoms with Gasteiger partial charge in [-0.15, -0.1) is 0 Å². The molecule has 0 fully saturated rings. The number of aromatic nitrogens is 1. The minimum Gasteiger partial charge on any atom is -0.497 e. The fourth-order valence-corrected chi connectivity index (χ4v) is 2.48. The normalized spacial score (nSPS) is 12.8. The van der Waals surface area contributed by atoms with E-state index in [1.165, 1.54) is 6.42 Å². The molecule has 0 spiro atoms. The van der Waals surface area contributed by atoms with Crippen LogP contribution in [0.3, 0.4) is 0 Å². The van der Waals surface area contributed by atoms with E-state index in [0.717, 1.165) is 35.3 Å². The number of benzene rings is 1. The highest BCUT2D eigenvalue weighted by Gasteiger charge is 2.10. The average molecular weight is 287 g/mol. The third kappa shape index (κ3) is 3.85. The molecule has 0 aliphatic rings. The lowest BCUT2D eigenvalue weighted by atomic mass is 10.1. The van der Waals surface area contributed by atoms with Crippen molar-refractivity contribution in [1.29, 1.82) is 0 Å². The van der Waals surface area contributed by atoms with Gasteiger partial charge in [0.2, 0.25) is 0 Å². The van der Waals surface area contributed by atoms with Crippen LogP contribution in [0, 0.1) is 5.92 Å². The van der Waals surface area contributed by atoms with E-state index in [-0.39, 0.29) is 0 Å². The monoisotopic (exact) mass is 287 g/mol. The Kier molecular flexibility index (Phi) is 5.02. The van der Waals surface area contributed by atoms with Gasteiger partial charge in [0, 0.05) is 30.1 Å². The first kappa shape index (κ1) is 15.6. The smallest absolute Gasteiger partial charge is 0.128 e. The molecule has 0 saturated carbocycles. The quantitative estimate of drug-likeness (QED) is 0.885. The molecule has 1 aromatic carbocycles. The number of rotatable bonds is 6. The number of nitrogen functional groups attached to an aromatic ring is 1. The fourth-order valence-electron chi connectivity index (χ4n) is 2.48. The third-order valence-electron chi connectivity index (χ3n) is 3.90. The van der Waals surface area contributed by atoms with E-state index >= 15 is 0 Å². The number of nitrogens with zero attached hydrogens (tertiary/aromatic N) is 2. The van der Waals surface area contributed by atoms with Crippen molar-refractivity contribution in [3.63, 3.8) is 0 Å². The highest BCUT2D eigenvalue weighted by Crippen LogP contribution is 2.23. The fraction of sp³-hybridized carbons (Fsp3) is 0.471. The molecule has 1 heterocycles. The van der Waals surface area contributed by atoms with Crippen LogP contribution in [-0.2, 0) is 6.54 Å². The number of hydrogen-bond acceptors (Lipinski definition) is 4. The van der Waals surface area contributed by atoms with Crippen molar-refractivity contribution in [2.75, 3.05) is 26.4 Å². The molecular weight excluding hydrogens is 262 g/mol. The topological polar surface area (TPSA) is 51.4 Å². The molecule has 0 aliphatic carbocycles. The lowest BCUT2D eigenvalue weighted by Crippen LogP contribution is -2.24. The number of pyridine rings is 1. The van der Waals surface area contributed by atoms with Gasteiger partial charge in [-0.25, -0.2) is 4.98 Å². The molecule has 21 heavy (non-hydrogen) atoms. The van der Waals surface area contributed by atoms with Crippen molar-refractivity contribution in [2.24, 2.45) is 5.92 Å². The van der Waals surface area contributed by atoms with Crippen LogP contribution in [-0.4, -0.2) is 30.6 Å². The lowest BCUT2D eigenvalue weighted by Gasteiger charge is -2.21. The molecule has 114 valence electrons. The zero-order valence-electron chi connectivity index (χ0n) is 13.4. The van der Waals surface area contributed by atoms with Gasteiger partial charge in [-0.3, -0.25) is 0 Å². The zero-order chi connectivity index (χ0) is 15.4. The Morgan fingerprint density at radius 1 is 1.33 bits per heavy atom. The largest absolute Gasteiger partial charge is 0.497 e. The van der Waals surface area contributed by atoms with E-state index in [1.54, 1.807) is 7.11 Å². The minimum atomic E-state index is 0.603. The molecule has 1 unspecified atom stereocenters. The first-order valence-electron chi connectivity index (χ1n) is 7.45. The van der Waals surface area contributed by atoms with Gasteiger partial charge in [0.1, 0.15) is 11.6 Å². The van der Waals surface area contributed by atoms with Crippen LogP contribution in [0.2, 0.25) is 0 Å². The van der Waals surface area contributed by atoms with Gasteiger partial charge < -0.3 is 15.4 Å². The Morgan fingerprint density at radius 2 is 2.10 bits per heavy atom. The summed E-state index contributed by atoms with van der Waals surface area (Å²) < 4.78 is 5.22. The van der Waals surface area contributed by atoms with Crippen LogP contribution < -0.4 is 10.5 Å². The summed E-state index contributed by atoms with van der Waals surface area (Å²) in [6.45, 7) is 6.38. The maximum absolute atomic E-state index is 6.11. The molecule has 0 saturated heterocycles. The van der Waals surface area contributed by atoms with E-state index < -0.39 is 0 Å². The number of hydrogen-bond donors (Lipinski definition) is 1. The van der Waals surface area contributed by atoms with Crippen molar-refractivity contribution < 1.29 is 4.74 Å². The minimum absolute atomic E-state index is 0.603. The lowest BCUT2D eigenvalue weighted by molar-refractivity contribution is 0.275. The molecule has 0 bridgehead atoms. The molecular formula is C17H25N3O. The molecule has 0 amide bonds. The first-order chi connectivity index (χ1) is 10.0. The average Bonchev–Trinajstić information content (AvgIpc) is 2.47. The summed E-state index contributed by atoms with van der Waals surface area (Å²) in [4.78, 5) is 6.81. The summed E-state index contributed by atoms with van der Waals surface area (Å²) in [5.41, 5.74) is 8.07. The van der Waals surface area contributed by atoms with Crippen LogP contribution in [0.4, 0.5) is 5.82 Å². The van der Waals surface area contributed by atoms with Gasteiger partial charge in [-0.05, 0) is 31.2 Å². The molecule has 1 aromatic heterocycles. The number of ether oxygens (including phenoxy) is 1. The summed E-state index contributed by atoms with van der Waals surface area (Å²) in [6.07, 6.45) is 1.19. The molecule has 0 radical (unpaired) electrons. The SMILES string of the molecule is CCC(C)CN(C)Cc1cc2ccc(OC)cc2nc1N. The predicted octanol–water partition coefficient (Wildman–Crippen LogP) is 3.30. The van der Waals surface area contributed by atoms with Crippen LogP contribution in [0.25, 0.3) is 10.9 Å². The molecule has 2 N–H and O–H groups in total. The van der Waals surface area contributed by atoms with Crippen LogP contribution in [0.5, 0.6) is 5.75 Å². The van der Waals surface area contributed by atoms with Gasteiger partial charge in [-0.2, -0.15) is 0 Å². The second-order valence-corrected chi connectivity index (χ2v) is 5.80. The molecule has 4 heteroatoms.